The predicted molar refractivity (Wildman–Crippen MR) is 67.9 cm³/mol. The number of aromatic nitrogens is 1. The number of aldehydes is 1. The molecule has 0 aromatic carbocycles. The van der Waals surface area contributed by atoms with Crippen LogP contribution in [-0.2, 0) is 16.0 Å². The highest BCUT2D eigenvalue weighted by Gasteiger charge is 2.27. The van der Waals surface area contributed by atoms with Crippen molar-refractivity contribution in [1.82, 2.24) is 9.88 Å². The van der Waals surface area contributed by atoms with Crippen LogP contribution in [0.25, 0.3) is 0 Å². The van der Waals surface area contributed by atoms with Crippen molar-refractivity contribution in [1.29, 1.82) is 0 Å². The molecule has 2 rings (SSSR count). The molecule has 0 aliphatic carbocycles. The Morgan fingerprint density at radius 2 is 2.17 bits per heavy atom. The Bertz CT molecular complexity index is 406. The normalized spacial score (nSPS) is 19.9. The average molecular weight is 246 g/mol. The maximum atomic E-state index is 12.1. The highest BCUT2D eigenvalue weighted by atomic mass is 16.2. The van der Waals surface area contributed by atoms with Gasteiger partial charge in [-0.05, 0) is 43.4 Å². The van der Waals surface area contributed by atoms with Gasteiger partial charge >= 0.3 is 0 Å². The number of aryl methyl sites for hydroxylation is 1. The fourth-order valence-electron chi connectivity index (χ4n) is 2.45. The van der Waals surface area contributed by atoms with Gasteiger partial charge in [0.15, 0.2) is 0 Å². The second kappa shape index (κ2) is 6.28. The lowest BCUT2D eigenvalue weighted by Crippen LogP contribution is -2.42. The van der Waals surface area contributed by atoms with Crippen molar-refractivity contribution in [3.63, 3.8) is 0 Å². The summed E-state index contributed by atoms with van der Waals surface area (Å²) in [5.41, 5.74) is 1.21. The predicted octanol–water partition coefficient (Wildman–Crippen LogP) is 1.45. The molecule has 1 amide bonds. The van der Waals surface area contributed by atoms with Gasteiger partial charge in [0.25, 0.3) is 0 Å². The molecule has 0 radical (unpaired) electrons. The van der Waals surface area contributed by atoms with E-state index < -0.39 is 0 Å². The Balaban J connectivity index is 1.89. The van der Waals surface area contributed by atoms with E-state index in [0.29, 0.717) is 0 Å². The first-order chi connectivity index (χ1) is 8.81. The van der Waals surface area contributed by atoms with E-state index in [9.17, 15) is 9.59 Å². The standard InChI is InChI=1S/C14H18N2O2/c17-11-10-16-9-1-2-13(14(16)18)4-3-12-5-7-15-8-6-12/h5-8,11,13H,1-4,9-10H2. The second-order valence-electron chi connectivity index (χ2n) is 4.68. The largest absolute Gasteiger partial charge is 0.335 e. The Morgan fingerprint density at radius 1 is 1.39 bits per heavy atom. The lowest BCUT2D eigenvalue weighted by Gasteiger charge is -2.31. The zero-order valence-corrected chi connectivity index (χ0v) is 10.4. The van der Waals surface area contributed by atoms with Crippen LogP contribution < -0.4 is 0 Å². The summed E-state index contributed by atoms with van der Waals surface area (Å²) < 4.78 is 0. The van der Waals surface area contributed by atoms with E-state index in [4.69, 9.17) is 0 Å². The number of pyridine rings is 1. The van der Waals surface area contributed by atoms with Crippen molar-refractivity contribution in [3.05, 3.63) is 30.1 Å². The molecule has 1 aliphatic heterocycles. The average Bonchev–Trinajstić information content (AvgIpc) is 2.41. The number of nitrogens with zero attached hydrogens (tertiary/aromatic N) is 2. The van der Waals surface area contributed by atoms with Gasteiger partial charge in [-0.2, -0.15) is 0 Å². The molecule has 0 spiro atoms. The summed E-state index contributed by atoms with van der Waals surface area (Å²) in [6, 6.07) is 3.97. The highest BCUT2D eigenvalue weighted by Crippen LogP contribution is 2.22. The molecule has 0 saturated carbocycles. The third-order valence-electron chi connectivity index (χ3n) is 3.47. The van der Waals surface area contributed by atoms with Crippen LogP contribution in [0.1, 0.15) is 24.8 Å². The Kier molecular flexibility index (Phi) is 4.45. The number of amides is 1. The molecule has 2 heterocycles. The first kappa shape index (κ1) is 12.7. The van der Waals surface area contributed by atoms with Gasteiger partial charge in [-0.25, -0.2) is 0 Å². The van der Waals surface area contributed by atoms with Crippen molar-refractivity contribution >= 4 is 12.2 Å². The van der Waals surface area contributed by atoms with Gasteiger partial charge in [0, 0.05) is 24.9 Å². The molecule has 0 bridgehead atoms. The van der Waals surface area contributed by atoms with E-state index in [1.54, 1.807) is 17.3 Å². The molecule has 18 heavy (non-hydrogen) atoms. The van der Waals surface area contributed by atoms with Crippen LogP contribution in [0.3, 0.4) is 0 Å². The van der Waals surface area contributed by atoms with Crippen molar-refractivity contribution in [3.8, 4) is 0 Å². The van der Waals surface area contributed by atoms with Crippen LogP contribution in [0.5, 0.6) is 0 Å². The van der Waals surface area contributed by atoms with E-state index in [0.717, 1.165) is 38.5 Å². The van der Waals surface area contributed by atoms with Crippen molar-refractivity contribution < 1.29 is 9.59 Å². The maximum Gasteiger partial charge on any atom is 0.226 e. The molecule has 1 atom stereocenters. The molecule has 96 valence electrons. The zero-order chi connectivity index (χ0) is 12.8. The Morgan fingerprint density at radius 3 is 2.89 bits per heavy atom. The van der Waals surface area contributed by atoms with Gasteiger partial charge < -0.3 is 9.69 Å². The monoisotopic (exact) mass is 246 g/mol. The van der Waals surface area contributed by atoms with Crippen LogP contribution in [-0.4, -0.2) is 35.2 Å². The van der Waals surface area contributed by atoms with Crippen molar-refractivity contribution in [2.75, 3.05) is 13.1 Å². The smallest absolute Gasteiger partial charge is 0.226 e. The number of hydrogen-bond acceptors (Lipinski definition) is 3. The first-order valence-electron chi connectivity index (χ1n) is 6.42. The van der Waals surface area contributed by atoms with Crippen molar-refractivity contribution in [2.24, 2.45) is 5.92 Å². The van der Waals surface area contributed by atoms with Gasteiger partial charge in [0.1, 0.15) is 6.29 Å². The number of piperidine rings is 1. The number of likely N-dealkylation sites (tertiary alicyclic amines) is 1. The molecular formula is C14H18N2O2. The van der Waals surface area contributed by atoms with Gasteiger partial charge in [0.2, 0.25) is 5.91 Å². The Hall–Kier alpha value is -1.71. The number of hydrogen-bond donors (Lipinski definition) is 0. The summed E-state index contributed by atoms with van der Waals surface area (Å²) >= 11 is 0. The first-order valence-corrected chi connectivity index (χ1v) is 6.42. The minimum Gasteiger partial charge on any atom is -0.335 e. The van der Waals surface area contributed by atoms with Crippen LogP contribution >= 0.6 is 0 Å². The molecule has 4 nitrogen and oxygen atoms in total. The Labute approximate surface area is 107 Å². The maximum absolute atomic E-state index is 12.1. The van der Waals surface area contributed by atoms with E-state index in [-0.39, 0.29) is 18.4 Å². The van der Waals surface area contributed by atoms with E-state index in [2.05, 4.69) is 4.98 Å². The number of carbonyl (C=O) groups is 2. The SMILES string of the molecule is O=CCN1CCCC(CCc2ccncc2)C1=O. The molecule has 1 fully saturated rings. The minimum absolute atomic E-state index is 0.0758. The summed E-state index contributed by atoms with van der Waals surface area (Å²) in [5.74, 6) is 0.217. The molecule has 1 aromatic heterocycles. The van der Waals surface area contributed by atoms with E-state index in [1.807, 2.05) is 12.1 Å². The molecule has 1 unspecified atom stereocenters. The molecular weight excluding hydrogens is 228 g/mol. The van der Waals surface area contributed by atoms with Gasteiger partial charge in [0.05, 0.1) is 6.54 Å². The topological polar surface area (TPSA) is 50.3 Å². The lowest BCUT2D eigenvalue weighted by atomic mass is 9.91. The fraction of sp³-hybridized carbons (Fsp3) is 0.500. The highest BCUT2D eigenvalue weighted by molar-refractivity contribution is 5.81. The summed E-state index contributed by atoms with van der Waals surface area (Å²) in [6.07, 6.45) is 8.06. The molecule has 1 aromatic rings. The van der Waals surface area contributed by atoms with Crippen LogP contribution in [0.2, 0.25) is 0 Å². The minimum atomic E-state index is 0.0758. The zero-order valence-electron chi connectivity index (χ0n) is 10.4. The quantitative estimate of drug-likeness (QED) is 0.739. The summed E-state index contributed by atoms with van der Waals surface area (Å²) in [5, 5.41) is 0. The van der Waals surface area contributed by atoms with Crippen LogP contribution in [0, 0.1) is 5.92 Å². The molecule has 1 saturated heterocycles. The van der Waals surface area contributed by atoms with E-state index in [1.165, 1.54) is 5.56 Å². The third-order valence-corrected chi connectivity index (χ3v) is 3.47. The fourth-order valence-corrected chi connectivity index (χ4v) is 2.45. The number of rotatable bonds is 5. The number of carbonyl (C=O) groups excluding carboxylic acids is 2. The molecule has 1 aliphatic rings. The van der Waals surface area contributed by atoms with Gasteiger partial charge in [-0.3, -0.25) is 9.78 Å². The van der Waals surface area contributed by atoms with Gasteiger partial charge in [-0.15, -0.1) is 0 Å². The summed E-state index contributed by atoms with van der Waals surface area (Å²) in [7, 11) is 0. The lowest BCUT2D eigenvalue weighted by molar-refractivity contribution is -0.140. The van der Waals surface area contributed by atoms with Crippen LogP contribution in [0.4, 0.5) is 0 Å². The summed E-state index contributed by atoms with van der Waals surface area (Å²) in [4.78, 5) is 28.2. The van der Waals surface area contributed by atoms with E-state index >= 15 is 0 Å². The second-order valence-corrected chi connectivity index (χ2v) is 4.68. The molecule has 4 heteroatoms. The van der Waals surface area contributed by atoms with Crippen LogP contribution in [0.15, 0.2) is 24.5 Å². The third kappa shape index (κ3) is 3.15. The summed E-state index contributed by atoms with van der Waals surface area (Å²) in [6.45, 7) is 0.966. The van der Waals surface area contributed by atoms with Gasteiger partial charge in [-0.1, -0.05) is 0 Å². The molecule has 0 N–H and O–H groups in total. The van der Waals surface area contributed by atoms with Crippen molar-refractivity contribution in [2.45, 2.75) is 25.7 Å².